The Morgan fingerprint density at radius 2 is 2.20 bits per heavy atom. The molecular formula is C3H5O2-. The Balaban J connectivity index is 2.85. The van der Waals surface area contributed by atoms with Crippen molar-refractivity contribution in [3.05, 3.63) is 6.92 Å². The van der Waals surface area contributed by atoms with Crippen LogP contribution in [0.3, 0.4) is 0 Å². The molecule has 0 saturated heterocycles. The van der Waals surface area contributed by atoms with E-state index >= 15 is 0 Å². The van der Waals surface area contributed by atoms with E-state index in [1.165, 1.54) is 0 Å². The topological polar surface area (TPSA) is 37.3 Å². The minimum absolute atomic E-state index is 0.0278. The Kier molecular flexibility index (Phi) is 1.57. The summed E-state index contributed by atoms with van der Waals surface area (Å²) in [6, 6.07) is 0. The molecular weight excluding hydrogens is 68.0 g/mol. The van der Waals surface area contributed by atoms with Crippen LogP contribution in [0.5, 0.6) is 0 Å². The fourth-order valence-corrected chi connectivity index (χ4v) is 0. The van der Waals surface area contributed by atoms with Crippen molar-refractivity contribution >= 4 is 5.97 Å². The van der Waals surface area contributed by atoms with Crippen LogP contribution in [0.4, 0.5) is 0 Å². The van der Waals surface area contributed by atoms with Crippen LogP contribution in [0.15, 0.2) is 0 Å². The molecule has 1 N–H and O–H groups in total. The quantitative estimate of drug-likeness (QED) is 0.453. The van der Waals surface area contributed by atoms with Crippen molar-refractivity contribution in [2.24, 2.45) is 0 Å². The molecule has 2 nitrogen and oxygen atoms in total. The van der Waals surface area contributed by atoms with Gasteiger partial charge in [-0.25, -0.2) is 0 Å². The molecule has 0 rings (SSSR count). The predicted octanol–water partition coefficient (Wildman–Crippen LogP) is 0.295. The van der Waals surface area contributed by atoms with Crippen LogP contribution in [0.1, 0.15) is 6.42 Å². The molecule has 30 valence electrons. The van der Waals surface area contributed by atoms with Crippen molar-refractivity contribution in [3.8, 4) is 0 Å². The standard InChI is InChI=1S/C3H5O2/c1-2-3(4)5/h1-2H2,(H,4,5)/q-1. The van der Waals surface area contributed by atoms with Gasteiger partial charge >= 0.3 is 0 Å². The second-order valence-electron chi connectivity index (χ2n) is 0.644. The summed E-state index contributed by atoms with van der Waals surface area (Å²) in [5.74, 6) is -0.856. The fraction of sp³-hybridized carbons (Fsp3) is 0.333. The van der Waals surface area contributed by atoms with E-state index in [-0.39, 0.29) is 6.42 Å². The van der Waals surface area contributed by atoms with Gasteiger partial charge in [-0.1, -0.05) is 6.42 Å². The smallest absolute Gasteiger partial charge is 0.272 e. The first kappa shape index (κ1) is 4.47. The van der Waals surface area contributed by atoms with Crippen molar-refractivity contribution in [2.75, 3.05) is 0 Å². The van der Waals surface area contributed by atoms with Crippen molar-refractivity contribution in [3.63, 3.8) is 0 Å². The molecule has 0 heterocycles. The predicted molar refractivity (Wildman–Crippen MR) is 17.6 cm³/mol. The Hall–Kier alpha value is -0.530. The summed E-state index contributed by atoms with van der Waals surface area (Å²) >= 11 is 0. The van der Waals surface area contributed by atoms with Crippen LogP contribution in [0.2, 0.25) is 0 Å². The van der Waals surface area contributed by atoms with E-state index in [0.29, 0.717) is 0 Å². The third-order valence-corrected chi connectivity index (χ3v) is 0.214. The molecule has 0 aliphatic carbocycles. The third-order valence-electron chi connectivity index (χ3n) is 0.214. The molecule has 0 aliphatic heterocycles. The summed E-state index contributed by atoms with van der Waals surface area (Å²) in [6.45, 7) is 3.09. The zero-order valence-electron chi connectivity index (χ0n) is 2.77. The molecule has 0 aromatic rings. The minimum Gasteiger partial charge on any atom is -0.483 e. The lowest BCUT2D eigenvalue weighted by Gasteiger charge is -1.79. The highest BCUT2D eigenvalue weighted by molar-refractivity contribution is 5.67. The maximum absolute atomic E-state index is 9.31. The number of carbonyl (C=O) groups is 1. The van der Waals surface area contributed by atoms with E-state index < -0.39 is 5.97 Å². The van der Waals surface area contributed by atoms with Crippen LogP contribution in [0, 0.1) is 6.92 Å². The number of aliphatic carboxylic acids is 1. The Morgan fingerprint density at radius 1 is 2.00 bits per heavy atom. The molecule has 0 radical (unpaired) electrons. The molecule has 0 fully saturated rings. The van der Waals surface area contributed by atoms with Gasteiger partial charge in [-0.3, -0.25) is 4.79 Å². The highest BCUT2D eigenvalue weighted by Crippen LogP contribution is 1.66. The summed E-state index contributed by atoms with van der Waals surface area (Å²) < 4.78 is 0. The van der Waals surface area contributed by atoms with E-state index in [4.69, 9.17) is 5.11 Å². The molecule has 0 atom stereocenters. The van der Waals surface area contributed by atoms with E-state index in [2.05, 4.69) is 6.92 Å². The number of rotatable bonds is 1. The van der Waals surface area contributed by atoms with Crippen LogP contribution in [-0.4, -0.2) is 11.1 Å². The summed E-state index contributed by atoms with van der Waals surface area (Å²) in [7, 11) is 0. The average Bonchev–Trinajstić information content (AvgIpc) is 1.38. The van der Waals surface area contributed by atoms with Crippen LogP contribution < -0.4 is 0 Å². The Bertz CT molecular complexity index is 40.2. The Labute approximate surface area is 30.4 Å². The second kappa shape index (κ2) is 1.76. The summed E-state index contributed by atoms with van der Waals surface area (Å²) in [5.41, 5.74) is 0. The number of hydrogen-bond acceptors (Lipinski definition) is 1. The first-order chi connectivity index (χ1) is 2.27. The highest BCUT2D eigenvalue weighted by atomic mass is 16.4. The maximum atomic E-state index is 9.31. The Morgan fingerprint density at radius 3 is 2.20 bits per heavy atom. The highest BCUT2D eigenvalue weighted by Gasteiger charge is 1.73. The first-order valence-electron chi connectivity index (χ1n) is 1.28. The molecule has 0 aromatic heterocycles. The van der Waals surface area contributed by atoms with Gasteiger partial charge in [-0.05, 0) is 0 Å². The molecule has 5 heavy (non-hydrogen) atoms. The second-order valence-corrected chi connectivity index (χ2v) is 0.644. The van der Waals surface area contributed by atoms with Gasteiger partial charge in [0.2, 0.25) is 0 Å². The fourth-order valence-electron chi connectivity index (χ4n) is 0. The van der Waals surface area contributed by atoms with Crippen molar-refractivity contribution in [1.82, 2.24) is 0 Å². The van der Waals surface area contributed by atoms with E-state index in [9.17, 15) is 4.79 Å². The van der Waals surface area contributed by atoms with E-state index in [0.717, 1.165) is 0 Å². The zero-order valence-corrected chi connectivity index (χ0v) is 2.77. The first-order valence-corrected chi connectivity index (χ1v) is 1.28. The van der Waals surface area contributed by atoms with Gasteiger partial charge in [0, 0.05) is 0 Å². The van der Waals surface area contributed by atoms with Crippen molar-refractivity contribution < 1.29 is 9.90 Å². The summed E-state index contributed by atoms with van der Waals surface area (Å²) in [6.07, 6.45) is -0.0278. The number of carboxylic acid groups (broad SMARTS) is 1. The lowest BCUT2D eigenvalue weighted by Crippen LogP contribution is -1.87. The van der Waals surface area contributed by atoms with Gasteiger partial charge in [-0.2, -0.15) is 0 Å². The maximum Gasteiger partial charge on any atom is 0.272 e. The normalized spacial score (nSPS) is 7.40. The van der Waals surface area contributed by atoms with E-state index in [1.54, 1.807) is 0 Å². The third kappa shape index (κ3) is 3.47. The van der Waals surface area contributed by atoms with Crippen LogP contribution >= 0.6 is 0 Å². The number of carboxylic acids is 1. The molecule has 0 spiro atoms. The average molecular weight is 73.1 g/mol. The minimum atomic E-state index is -0.856. The lowest BCUT2D eigenvalue weighted by molar-refractivity contribution is -0.136. The number of hydrogen-bond donors (Lipinski definition) is 1. The summed E-state index contributed by atoms with van der Waals surface area (Å²) in [5, 5.41) is 7.66. The SMILES string of the molecule is [CH2-]CC(=O)O. The molecule has 0 bridgehead atoms. The van der Waals surface area contributed by atoms with Gasteiger partial charge in [0.05, 0.1) is 0 Å². The van der Waals surface area contributed by atoms with Crippen molar-refractivity contribution in [1.29, 1.82) is 0 Å². The molecule has 0 saturated carbocycles. The van der Waals surface area contributed by atoms with Crippen molar-refractivity contribution in [2.45, 2.75) is 6.42 Å². The molecule has 2 heteroatoms. The summed E-state index contributed by atoms with van der Waals surface area (Å²) in [4.78, 5) is 9.31. The molecule has 0 amide bonds. The van der Waals surface area contributed by atoms with Gasteiger partial charge in [-0.15, -0.1) is 0 Å². The lowest BCUT2D eigenvalue weighted by atomic mass is 10.5. The van der Waals surface area contributed by atoms with Gasteiger partial charge in [0.25, 0.3) is 5.97 Å². The monoisotopic (exact) mass is 73.0 g/mol. The zero-order chi connectivity index (χ0) is 4.28. The van der Waals surface area contributed by atoms with Gasteiger partial charge in [0.1, 0.15) is 0 Å². The van der Waals surface area contributed by atoms with Gasteiger partial charge in [0.15, 0.2) is 0 Å². The molecule has 0 aliphatic rings. The van der Waals surface area contributed by atoms with E-state index in [1.807, 2.05) is 0 Å². The molecule has 0 aromatic carbocycles. The largest absolute Gasteiger partial charge is 0.483 e. The van der Waals surface area contributed by atoms with Gasteiger partial charge < -0.3 is 12.0 Å². The molecule has 0 unspecified atom stereocenters. The van der Waals surface area contributed by atoms with Crippen LogP contribution in [0.25, 0.3) is 0 Å². The van der Waals surface area contributed by atoms with Crippen LogP contribution in [-0.2, 0) is 4.79 Å².